The van der Waals surface area contributed by atoms with Gasteiger partial charge in [0.1, 0.15) is 0 Å². The number of hydrogen-bond acceptors (Lipinski definition) is 2. The van der Waals surface area contributed by atoms with Crippen molar-refractivity contribution in [2.45, 2.75) is 5.38 Å². The van der Waals surface area contributed by atoms with Crippen molar-refractivity contribution in [2.75, 3.05) is 5.32 Å². The summed E-state index contributed by atoms with van der Waals surface area (Å²) in [6, 6.07) is 11.8. The van der Waals surface area contributed by atoms with Gasteiger partial charge in [0.15, 0.2) is 5.69 Å². The lowest BCUT2D eigenvalue weighted by atomic mass is 10.0. The Labute approximate surface area is 168 Å². The predicted molar refractivity (Wildman–Crippen MR) is 103 cm³/mol. The fraction of sp³-hybridized carbons (Fsp3) is 0.111. The number of alkyl halides is 3. The van der Waals surface area contributed by atoms with E-state index in [2.05, 4.69) is 10.4 Å². The molecule has 1 amide bonds. The molecule has 1 N–H and O–H groups in total. The molecule has 27 heavy (non-hydrogen) atoms. The summed E-state index contributed by atoms with van der Waals surface area (Å²) in [6.07, 6.45) is 1.18. The minimum Gasteiger partial charge on any atom is -0.321 e. The van der Waals surface area contributed by atoms with Crippen molar-refractivity contribution in [1.29, 1.82) is 0 Å². The molecule has 0 radical (unpaired) electrons. The van der Waals surface area contributed by atoms with E-state index in [1.807, 2.05) is 0 Å². The van der Waals surface area contributed by atoms with Gasteiger partial charge in [-0.15, -0.1) is 0 Å². The molecule has 0 aliphatic carbocycles. The largest absolute Gasteiger partial charge is 0.367 e. The molecule has 9 heteroatoms. The lowest BCUT2D eigenvalue weighted by Crippen LogP contribution is -2.17. The van der Waals surface area contributed by atoms with Crippen molar-refractivity contribution in [2.24, 2.45) is 7.05 Å². The standard InChI is InChI=1S/C18H12Cl3F2N3O/c1-26-9-13(16(25-26)18(21,22)23)17(27)24-15-5-3-2-4-12(15)11-7-6-10(19)8-14(11)20/h2-9H,1H3,(H,24,27). The van der Waals surface area contributed by atoms with Crippen molar-refractivity contribution in [3.8, 4) is 11.1 Å². The molecule has 0 spiro atoms. The predicted octanol–water partition coefficient (Wildman–Crippen LogP) is 5.93. The number of rotatable bonds is 4. The number of benzene rings is 2. The molecule has 0 fully saturated rings. The molecule has 0 unspecified atom stereocenters. The molecule has 0 bridgehead atoms. The molecular formula is C18H12Cl3F2N3O. The van der Waals surface area contributed by atoms with Crippen LogP contribution in [0.2, 0.25) is 10.0 Å². The molecule has 0 saturated heterocycles. The number of anilines is 1. The second-order valence-corrected chi connectivity index (χ2v) is 7.01. The highest BCUT2D eigenvalue weighted by atomic mass is 35.5. The zero-order valence-corrected chi connectivity index (χ0v) is 16.1. The molecular weight excluding hydrogens is 419 g/mol. The summed E-state index contributed by atoms with van der Waals surface area (Å²) >= 11 is 17.2. The van der Waals surface area contributed by atoms with Crippen LogP contribution in [0.25, 0.3) is 11.1 Å². The molecule has 1 heterocycles. The fourth-order valence-corrected chi connectivity index (χ4v) is 3.24. The third-order valence-electron chi connectivity index (χ3n) is 3.74. The zero-order valence-electron chi connectivity index (χ0n) is 13.8. The second kappa shape index (κ2) is 7.46. The van der Waals surface area contributed by atoms with E-state index in [-0.39, 0.29) is 5.56 Å². The molecule has 0 atom stereocenters. The summed E-state index contributed by atoms with van der Waals surface area (Å²) in [4.78, 5) is 12.6. The van der Waals surface area contributed by atoms with Gasteiger partial charge in [-0.1, -0.05) is 47.5 Å². The average molecular weight is 431 g/mol. The van der Waals surface area contributed by atoms with Crippen LogP contribution in [0.15, 0.2) is 48.7 Å². The number of nitrogens with zero attached hydrogens (tertiary/aromatic N) is 2. The van der Waals surface area contributed by atoms with E-state index in [1.54, 1.807) is 42.5 Å². The van der Waals surface area contributed by atoms with Crippen LogP contribution in [0.1, 0.15) is 16.1 Å². The third kappa shape index (κ3) is 4.24. The van der Waals surface area contributed by atoms with Crippen molar-refractivity contribution in [1.82, 2.24) is 9.78 Å². The number of halogens is 5. The first-order valence-electron chi connectivity index (χ1n) is 7.63. The maximum absolute atomic E-state index is 13.5. The van der Waals surface area contributed by atoms with Gasteiger partial charge in [-0.2, -0.15) is 13.9 Å². The SMILES string of the molecule is Cn1cc(C(=O)Nc2ccccc2-c2ccc(Cl)cc2Cl)c(C(F)(F)Cl)n1. The van der Waals surface area contributed by atoms with Crippen molar-refractivity contribution >= 4 is 46.4 Å². The molecule has 140 valence electrons. The zero-order chi connectivity index (χ0) is 19.8. The van der Waals surface area contributed by atoms with E-state index in [9.17, 15) is 13.6 Å². The summed E-state index contributed by atoms with van der Waals surface area (Å²) in [5.41, 5.74) is 0.488. The third-order valence-corrected chi connectivity index (χ3v) is 4.47. The number of nitrogens with one attached hydrogen (secondary N) is 1. The van der Waals surface area contributed by atoms with Crippen LogP contribution in [-0.4, -0.2) is 15.7 Å². The Morgan fingerprint density at radius 2 is 1.85 bits per heavy atom. The number of aryl methyl sites for hydroxylation is 1. The topological polar surface area (TPSA) is 46.9 Å². The van der Waals surface area contributed by atoms with Gasteiger partial charge in [-0.3, -0.25) is 9.48 Å². The number of carbonyl (C=O) groups is 1. The van der Waals surface area contributed by atoms with E-state index in [1.165, 1.54) is 13.2 Å². The van der Waals surface area contributed by atoms with Crippen LogP contribution in [0, 0.1) is 0 Å². The molecule has 3 aromatic rings. The number of para-hydroxylation sites is 1. The van der Waals surface area contributed by atoms with Crippen LogP contribution in [0.3, 0.4) is 0 Å². The summed E-state index contributed by atoms with van der Waals surface area (Å²) in [5, 5.41) is 3.29. The highest BCUT2D eigenvalue weighted by molar-refractivity contribution is 6.36. The Balaban J connectivity index is 2.00. The van der Waals surface area contributed by atoms with E-state index in [0.29, 0.717) is 26.9 Å². The van der Waals surface area contributed by atoms with Gasteiger partial charge in [-0.25, -0.2) is 0 Å². The van der Waals surface area contributed by atoms with Gasteiger partial charge in [0.05, 0.1) is 5.56 Å². The Hall–Kier alpha value is -2.15. The van der Waals surface area contributed by atoms with E-state index >= 15 is 0 Å². The molecule has 4 nitrogen and oxygen atoms in total. The summed E-state index contributed by atoms with van der Waals surface area (Å²) in [7, 11) is 1.42. The quantitative estimate of drug-likeness (QED) is 0.521. The number of carbonyl (C=O) groups excluding carboxylic acids is 1. The average Bonchev–Trinajstić information content (AvgIpc) is 2.98. The van der Waals surface area contributed by atoms with E-state index in [0.717, 1.165) is 4.68 Å². The van der Waals surface area contributed by atoms with Crippen LogP contribution in [0.4, 0.5) is 14.5 Å². The molecule has 3 rings (SSSR count). The smallest absolute Gasteiger partial charge is 0.321 e. The van der Waals surface area contributed by atoms with Crippen LogP contribution in [0.5, 0.6) is 0 Å². The van der Waals surface area contributed by atoms with Gasteiger partial charge < -0.3 is 5.32 Å². The fourth-order valence-electron chi connectivity index (χ4n) is 2.59. The monoisotopic (exact) mass is 429 g/mol. The van der Waals surface area contributed by atoms with Crippen molar-refractivity contribution in [3.05, 3.63) is 70.0 Å². The molecule has 2 aromatic carbocycles. The maximum Gasteiger partial charge on any atom is 0.367 e. The molecule has 0 aliphatic rings. The first-order valence-corrected chi connectivity index (χ1v) is 8.77. The van der Waals surface area contributed by atoms with Gasteiger partial charge in [-0.05, 0) is 29.8 Å². The van der Waals surface area contributed by atoms with Gasteiger partial charge in [0, 0.05) is 40.1 Å². The minimum absolute atomic E-state index is 0.325. The van der Waals surface area contributed by atoms with Crippen LogP contribution in [-0.2, 0) is 12.4 Å². The summed E-state index contributed by atoms with van der Waals surface area (Å²) in [6.45, 7) is 0. The second-order valence-electron chi connectivity index (χ2n) is 5.69. The first-order chi connectivity index (χ1) is 12.7. The number of aromatic nitrogens is 2. The number of hydrogen-bond donors (Lipinski definition) is 1. The Bertz CT molecular complexity index is 1020. The summed E-state index contributed by atoms with van der Waals surface area (Å²) < 4.78 is 28.2. The molecule has 0 aliphatic heterocycles. The normalized spacial score (nSPS) is 11.5. The highest BCUT2D eigenvalue weighted by Gasteiger charge is 2.36. The van der Waals surface area contributed by atoms with Crippen LogP contribution < -0.4 is 5.32 Å². The Kier molecular flexibility index (Phi) is 5.42. The van der Waals surface area contributed by atoms with E-state index < -0.39 is 17.0 Å². The van der Waals surface area contributed by atoms with Crippen molar-refractivity contribution in [3.63, 3.8) is 0 Å². The van der Waals surface area contributed by atoms with Gasteiger partial charge in [0.2, 0.25) is 0 Å². The molecule has 1 aromatic heterocycles. The Morgan fingerprint density at radius 1 is 1.15 bits per heavy atom. The minimum atomic E-state index is -3.77. The highest BCUT2D eigenvalue weighted by Crippen LogP contribution is 2.36. The summed E-state index contributed by atoms with van der Waals surface area (Å²) in [5.74, 6) is -0.768. The van der Waals surface area contributed by atoms with Gasteiger partial charge >= 0.3 is 5.38 Å². The Morgan fingerprint density at radius 3 is 2.52 bits per heavy atom. The van der Waals surface area contributed by atoms with Gasteiger partial charge in [0.25, 0.3) is 5.91 Å². The van der Waals surface area contributed by atoms with Crippen LogP contribution >= 0.6 is 34.8 Å². The van der Waals surface area contributed by atoms with E-state index in [4.69, 9.17) is 34.8 Å². The lowest BCUT2D eigenvalue weighted by molar-refractivity contribution is 0.0849. The first kappa shape index (κ1) is 19.6. The maximum atomic E-state index is 13.5. The lowest BCUT2D eigenvalue weighted by Gasteiger charge is -2.13. The number of amides is 1. The van der Waals surface area contributed by atoms with Crippen molar-refractivity contribution < 1.29 is 13.6 Å². The molecule has 0 saturated carbocycles.